The van der Waals surface area contributed by atoms with E-state index in [4.69, 9.17) is 0 Å². The third-order valence-corrected chi connectivity index (χ3v) is 7.02. The highest BCUT2D eigenvalue weighted by Gasteiger charge is 2.33. The van der Waals surface area contributed by atoms with Crippen LogP contribution in [0.2, 0.25) is 0 Å². The Labute approximate surface area is 162 Å². The maximum absolute atomic E-state index is 13.9. The lowest BCUT2D eigenvalue weighted by atomic mass is 9.96. The smallest absolute Gasteiger partial charge is 0.245 e. The molecule has 1 aliphatic heterocycles. The molecule has 0 bridgehead atoms. The van der Waals surface area contributed by atoms with E-state index in [1.54, 1.807) is 0 Å². The fourth-order valence-electron chi connectivity index (χ4n) is 3.42. The average Bonchev–Trinajstić information content (AvgIpc) is 2.61. The van der Waals surface area contributed by atoms with Crippen LogP contribution in [0.4, 0.5) is 4.39 Å². The van der Waals surface area contributed by atoms with Crippen molar-refractivity contribution < 1.29 is 17.6 Å². The molecule has 5 nitrogen and oxygen atoms in total. The molecule has 0 unspecified atom stereocenters. The third-order valence-electron chi connectivity index (χ3n) is 5.09. The van der Waals surface area contributed by atoms with Gasteiger partial charge in [-0.05, 0) is 44.2 Å². The number of sulfonamides is 1. The standard InChI is InChI=1S/C20H31FN2O3S/c1-15(2)7-6-8-16(3)22-20(24)17-11-13-23(14-12-17)27(25,26)19-10-5-4-9-18(19)21/h4-5,9-10,15-17H,6-8,11-14H2,1-3H3,(H,22,24)/t16-/m0/s1. The number of rotatable bonds is 8. The van der Waals surface area contributed by atoms with Crippen molar-refractivity contribution in [2.24, 2.45) is 11.8 Å². The molecule has 0 saturated carbocycles. The molecule has 1 aromatic rings. The zero-order valence-corrected chi connectivity index (χ0v) is 17.3. The van der Waals surface area contributed by atoms with Gasteiger partial charge >= 0.3 is 0 Å². The number of benzene rings is 1. The highest BCUT2D eigenvalue weighted by atomic mass is 32.2. The highest BCUT2D eigenvalue weighted by molar-refractivity contribution is 7.89. The SMILES string of the molecule is CC(C)CCC[C@H](C)NC(=O)C1CCN(S(=O)(=O)c2ccccc2F)CC1. The summed E-state index contributed by atoms with van der Waals surface area (Å²) in [6.07, 6.45) is 4.09. The van der Waals surface area contributed by atoms with E-state index in [1.807, 2.05) is 6.92 Å². The van der Waals surface area contributed by atoms with E-state index in [2.05, 4.69) is 19.2 Å². The van der Waals surface area contributed by atoms with Crippen LogP contribution in [-0.2, 0) is 14.8 Å². The number of hydrogen-bond acceptors (Lipinski definition) is 3. The number of nitrogens with zero attached hydrogens (tertiary/aromatic N) is 1. The van der Waals surface area contributed by atoms with E-state index in [-0.39, 0.29) is 35.9 Å². The van der Waals surface area contributed by atoms with Crippen LogP contribution in [0.1, 0.15) is 52.9 Å². The van der Waals surface area contributed by atoms with Crippen molar-refractivity contribution in [3.63, 3.8) is 0 Å². The van der Waals surface area contributed by atoms with Gasteiger partial charge in [0.2, 0.25) is 15.9 Å². The summed E-state index contributed by atoms with van der Waals surface area (Å²) in [4.78, 5) is 12.1. The van der Waals surface area contributed by atoms with E-state index >= 15 is 0 Å². The van der Waals surface area contributed by atoms with Crippen LogP contribution in [0.15, 0.2) is 29.2 Å². The molecule has 0 aliphatic carbocycles. The molecule has 1 fully saturated rings. The second-order valence-corrected chi connectivity index (χ2v) is 9.75. The van der Waals surface area contributed by atoms with Gasteiger partial charge in [0.05, 0.1) is 0 Å². The lowest BCUT2D eigenvalue weighted by Gasteiger charge is -2.31. The summed E-state index contributed by atoms with van der Waals surface area (Å²) in [5, 5.41) is 3.05. The number of nitrogens with one attached hydrogen (secondary N) is 1. The van der Waals surface area contributed by atoms with Crippen molar-refractivity contribution in [1.82, 2.24) is 9.62 Å². The Kier molecular flexibility index (Phi) is 7.79. The van der Waals surface area contributed by atoms with Gasteiger partial charge in [0, 0.05) is 25.0 Å². The lowest BCUT2D eigenvalue weighted by molar-refractivity contribution is -0.126. The zero-order valence-electron chi connectivity index (χ0n) is 16.4. The topological polar surface area (TPSA) is 66.5 Å². The Bertz CT molecular complexity index is 728. The van der Waals surface area contributed by atoms with Gasteiger partial charge in [-0.2, -0.15) is 4.31 Å². The monoisotopic (exact) mass is 398 g/mol. The Morgan fingerprint density at radius 1 is 1.19 bits per heavy atom. The summed E-state index contributed by atoms with van der Waals surface area (Å²) in [6, 6.07) is 5.52. The molecule has 1 heterocycles. The summed E-state index contributed by atoms with van der Waals surface area (Å²) in [5.74, 6) is -0.277. The average molecular weight is 399 g/mol. The van der Waals surface area contributed by atoms with E-state index in [0.717, 1.165) is 25.3 Å². The van der Waals surface area contributed by atoms with Crippen LogP contribution < -0.4 is 5.32 Å². The van der Waals surface area contributed by atoms with Crippen molar-refractivity contribution >= 4 is 15.9 Å². The summed E-state index contributed by atoms with van der Waals surface area (Å²) in [7, 11) is -3.86. The van der Waals surface area contributed by atoms with Crippen LogP contribution in [0.5, 0.6) is 0 Å². The molecular weight excluding hydrogens is 367 g/mol. The molecule has 27 heavy (non-hydrogen) atoms. The first kappa shape index (κ1) is 21.8. The van der Waals surface area contributed by atoms with Crippen molar-refractivity contribution in [2.75, 3.05) is 13.1 Å². The van der Waals surface area contributed by atoms with Gasteiger partial charge < -0.3 is 5.32 Å². The molecule has 0 aromatic heterocycles. The second-order valence-electron chi connectivity index (χ2n) is 7.84. The second kappa shape index (κ2) is 9.64. The minimum absolute atomic E-state index is 0.00464. The van der Waals surface area contributed by atoms with Crippen molar-refractivity contribution in [2.45, 2.75) is 63.8 Å². The maximum Gasteiger partial charge on any atom is 0.245 e. The minimum Gasteiger partial charge on any atom is -0.353 e. The molecule has 1 atom stereocenters. The summed E-state index contributed by atoms with van der Waals surface area (Å²) in [6.45, 7) is 6.85. The Balaban J connectivity index is 1.86. The number of piperidine rings is 1. The van der Waals surface area contributed by atoms with Gasteiger partial charge in [-0.3, -0.25) is 4.79 Å². The van der Waals surface area contributed by atoms with Crippen molar-refractivity contribution in [3.8, 4) is 0 Å². The number of carbonyl (C=O) groups is 1. The molecule has 0 spiro atoms. The number of carbonyl (C=O) groups excluding carboxylic acids is 1. The number of halogens is 1. The normalized spacial score (nSPS) is 17.8. The molecule has 1 aliphatic rings. The number of hydrogen-bond donors (Lipinski definition) is 1. The highest BCUT2D eigenvalue weighted by Crippen LogP contribution is 2.25. The van der Waals surface area contributed by atoms with Gasteiger partial charge in [-0.15, -0.1) is 0 Å². The summed E-state index contributed by atoms with van der Waals surface area (Å²) in [5.41, 5.74) is 0. The zero-order chi connectivity index (χ0) is 20.0. The molecule has 1 aromatic carbocycles. The molecule has 0 radical (unpaired) electrons. The Hall–Kier alpha value is -1.47. The van der Waals surface area contributed by atoms with Crippen LogP contribution in [0.25, 0.3) is 0 Å². The van der Waals surface area contributed by atoms with Crippen LogP contribution in [0, 0.1) is 17.7 Å². The van der Waals surface area contributed by atoms with E-state index in [0.29, 0.717) is 18.8 Å². The van der Waals surface area contributed by atoms with Gasteiger partial charge in [-0.25, -0.2) is 12.8 Å². The first-order chi connectivity index (χ1) is 12.7. The van der Waals surface area contributed by atoms with Crippen molar-refractivity contribution in [1.29, 1.82) is 0 Å². The minimum atomic E-state index is -3.86. The third kappa shape index (κ3) is 6.01. The van der Waals surface area contributed by atoms with Crippen LogP contribution in [0.3, 0.4) is 0 Å². The van der Waals surface area contributed by atoms with Gasteiger partial charge in [0.25, 0.3) is 0 Å². The molecular formula is C20H31FN2O3S. The summed E-state index contributed by atoms with van der Waals surface area (Å²) >= 11 is 0. The van der Waals surface area contributed by atoms with E-state index in [1.165, 1.54) is 22.5 Å². The van der Waals surface area contributed by atoms with Gasteiger partial charge in [0.1, 0.15) is 10.7 Å². The van der Waals surface area contributed by atoms with Crippen LogP contribution in [-0.4, -0.2) is 37.8 Å². The molecule has 1 saturated heterocycles. The van der Waals surface area contributed by atoms with Crippen LogP contribution >= 0.6 is 0 Å². The largest absolute Gasteiger partial charge is 0.353 e. The fraction of sp³-hybridized carbons (Fsp3) is 0.650. The predicted molar refractivity (Wildman–Crippen MR) is 104 cm³/mol. The summed E-state index contributed by atoms with van der Waals surface area (Å²) < 4.78 is 40.4. The first-order valence-electron chi connectivity index (χ1n) is 9.77. The lowest BCUT2D eigenvalue weighted by Crippen LogP contribution is -2.44. The first-order valence-corrected chi connectivity index (χ1v) is 11.2. The molecule has 152 valence electrons. The number of amides is 1. The molecule has 7 heteroatoms. The Morgan fingerprint density at radius 2 is 1.81 bits per heavy atom. The van der Waals surface area contributed by atoms with Gasteiger partial charge in [0.15, 0.2) is 0 Å². The quantitative estimate of drug-likeness (QED) is 0.728. The van der Waals surface area contributed by atoms with Gasteiger partial charge in [-0.1, -0.05) is 38.8 Å². The molecule has 1 N–H and O–H groups in total. The van der Waals surface area contributed by atoms with E-state index in [9.17, 15) is 17.6 Å². The maximum atomic E-state index is 13.9. The van der Waals surface area contributed by atoms with Crippen molar-refractivity contribution in [3.05, 3.63) is 30.1 Å². The van der Waals surface area contributed by atoms with E-state index < -0.39 is 15.8 Å². The fourth-order valence-corrected chi connectivity index (χ4v) is 4.95. The predicted octanol–water partition coefficient (Wildman–Crippen LogP) is 3.56. The molecule has 2 rings (SSSR count). The molecule has 1 amide bonds. The Morgan fingerprint density at radius 3 is 2.41 bits per heavy atom.